The number of Topliss-reactive ketones (excluding diaryl/α,β-unsaturated/α-hetero) is 1. The van der Waals surface area contributed by atoms with Gasteiger partial charge in [0, 0.05) is 16.9 Å². The summed E-state index contributed by atoms with van der Waals surface area (Å²) < 4.78 is 0. The average Bonchev–Trinajstić information content (AvgIpc) is 2.39. The van der Waals surface area contributed by atoms with Crippen molar-refractivity contribution in [3.63, 3.8) is 0 Å². The summed E-state index contributed by atoms with van der Waals surface area (Å²) in [5.41, 5.74) is 10.5. The number of azide groups is 1. The number of rotatable bonds is 1. The van der Waals surface area contributed by atoms with E-state index in [-0.39, 0.29) is 17.2 Å². The minimum atomic E-state index is -0.246. The molecule has 2 rings (SSSR count). The smallest absolute Gasteiger partial charge is 0.163 e. The molecule has 4 heteroatoms. The molecule has 0 aliphatic heterocycles. The Morgan fingerprint density at radius 3 is 2.65 bits per heavy atom. The van der Waals surface area contributed by atoms with Crippen LogP contribution in [-0.2, 0) is 0 Å². The molecule has 106 valence electrons. The summed E-state index contributed by atoms with van der Waals surface area (Å²) in [5, 5.41) is 3.95. The summed E-state index contributed by atoms with van der Waals surface area (Å²) in [4.78, 5) is 15.3. The van der Waals surface area contributed by atoms with Crippen LogP contribution >= 0.6 is 0 Å². The predicted octanol–water partition coefficient (Wildman–Crippen LogP) is 5.07. The highest BCUT2D eigenvalue weighted by molar-refractivity contribution is 5.97. The molecule has 0 N–H and O–H groups in total. The van der Waals surface area contributed by atoms with Crippen molar-refractivity contribution in [1.82, 2.24) is 0 Å². The molecule has 0 heterocycles. The minimum absolute atomic E-state index is 0.107. The molecule has 1 aromatic rings. The Morgan fingerprint density at radius 1 is 1.30 bits per heavy atom. The fourth-order valence-electron chi connectivity index (χ4n) is 2.95. The summed E-state index contributed by atoms with van der Waals surface area (Å²) in [6.45, 7) is 6.55. The zero-order chi connectivity index (χ0) is 14.8. The molecule has 0 amide bonds. The molecule has 0 radical (unpaired) electrons. The van der Waals surface area contributed by atoms with E-state index in [0.29, 0.717) is 12.3 Å². The molecular formula is C16H21N3O. The zero-order valence-electron chi connectivity index (χ0n) is 12.3. The largest absolute Gasteiger partial charge is 0.294 e. The van der Waals surface area contributed by atoms with Gasteiger partial charge in [0.05, 0.1) is 6.04 Å². The average molecular weight is 271 g/mol. The second-order valence-corrected chi connectivity index (χ2v) is 6.57. The van der Waals surface area contributed by atoms with Gasteiger partial charge in [0.1, 0.15) is 0 Å². The molecule has 0 spiro atoms. The van der Waals surface area contributed by atoms with Gasteiger partial charge in [0.25, 0.3) is 0 Å². The molecule has 0 aromatic heterocycles. The molecule has 1 aliphatic carbocycles. The van der Waals surface area contributed by atoms with Gasteiger partial charge in [-0.2, -0.15) is 0 Å². The highest BCUT2D eigenvalue weighted by atomic mass is 16.1. The molecule has 2 atom stereocenters. The van der Waals surface area contributed by atoms with Crippen LogP contribution in [0, 0.1) is 11.3 Å². The Labute approximate surface area is 119 Å². The van der Waals surface area contributed by atoms with Gasteiger partial charge in [0.15, 0.2) is 5.78 Å². The Bertz CT molecular complexity index is 553. The van der Waals surface area contributed by atoms with Gasteiger partial charge in [-0.15, -0.1) is 0 Å². The van der Waals surface area contributed by atoms with E-state index >= 15 is 0 Å². The van der Waals surface area contributed by atoms with Crippen LogP contribution in [0.1, 0.15) is 62.0 Å². The van der Waals surface area contributed by atoms with Gasteiger partial charge >= 0.3 is 0 Å². The highest BCUT2D eigenvalue weighted by Gasteiger charge is 2.31. The lowest BCUT2D eigenvalue weighted by molar-refractivity contribution is 0.0943. The van der Waals surface area contributed by atoms with Crippen molar-refractivity contribution in [3.8, 4) is 0 Å². The van der Waals surface area contributed by atoms with E-state index in [4.69, 9.17) is 5.53 Å². The van der Waals surface area contributed by atoms with E-state index in [9.17, 15) is 4.79 Å². The molecular weight excluding hydrogens is 250 g/mol. The fraction of sp³-hybridized carbons (Fsp3) is 0.562. The Kier molecular flexibility index (Phi) is 4.15. The van der Waals surface area contributed by atoms with Gasteiger partial charge in [0.2, 0.25) is 0 Å². The first-order valence-corrected chi connectivity index (χ1v) is 7.10. The number of carbonyl (C=O) groups is 1. The first-order valence-electron chi connectivity index (χ1n) is 7.10. The zero-order valence-corrected chi connectivity index (χ0v) is 12.3. The molecule has 0 saturated carbocycles. The third-order valence-corrected chi connectivity index (χ3v) is 4.26. The lowest BCUT2D eigenvalue weighted by Crippen LogP contribution is -2.25. The molecule has 0 saturated heterocycles. The molecule has 4 nitrogen and oxygen atoms in total. The number of benzene rings is 1. The number of carbonyl (C=O) groups excluding carboxylic acids is 1. The lowest BCUT2D eigenvalue weighted by Gasteiger charge is -2.34. The number of hydrogen-bond acceptors (Lipinski definition) is 2. The van der Waals surface area contributed by atoms with Crippen molar-refractivity contribution in [1.29, 1.82) is 0 Å². The molecule has 2 unspecified atom stereocenters. The van der Waals surface area contributed by atoms with Crippen LogP contribution in [0.5, 0.6) is 0 Å². The van der Waals surface area contributed by atoms with E-state index in [1.165, 1.54) is 0 Å². The van der Waals surface area contributed by atoms with E-state index in [0.717, 1.165) is 24.0 Å². The third kappa shape index (κ3) is 3.02. The van der Waals surface area contributed by atoms with E-state index in [1.54, 1.807) is 0 Å². The Balaban J connectivity index is 2.47. The lowest BCUT2D eigenvalue weighted by atomic mass is 9.72. The van der Waals surface area contributed by atoms with Crippen LogP contribution in [0.15, 0.2) is 29.4 Å². The van der Waals surface area contributed by atoms with Gasteiger partial charge in [-0.05, 0) is 35.3 Å². The number of ketones is 1. The van der Waals surface area contributed by atoms with Crippen LogP contribution in [0.2, 0.25) is 0 Å². The Hall–Kier alpha value is -1.80. The quantitative estimate of drug-likeness (QED) is 0.399. The highest BCUT2D eigenvalue weighted by Crippen LogP contribution is 2.41. The summed E-state index contributed by atoms with van der Waals surface area (Å²) in [5.74, 6) is 0.531. The standard InChI is InChI=1S/C16H21N3O/c1-16(2,3)11-8-9-15(20)13-7-5-4-6-12(13)14(10-11)18-19-17/h4-7,11,14H,8-10H2,1-3H3. The van der Waals surface area contributed by atoms with E-state index in [2.05, 4.69) is 30.8 Å². The molecule has 0 bridgehead atoms. The maximum atomic E-state index is 12.3. The van der Waals surface area contributed by atoms with Crippen molar-refractivity contribution in [2.45, 2.75) is 46.1 Å². The van der Waals surface area contributed by atoms with Gasteiger partial charge in [-0.1, -0.05) is 50.2 Å². The summed E-state index contributed by atoms with van der Waals surface area (Å²) >= 11 is 0. The fourth-order valence-corrected chi connectivity index (χ4v) is 2.95. The molecule has 0 fully saturated rings. The van der Waals surface area contributed by atoms with Crippen molar-refractivity contribution in [2.24, 2.45) is 16.4 Å². The SMILES string of the molecule is CC(C)(C)C1CCC(=O)c2ccccc2C(N=[N+]=[N-])C1. The van der Waals surface area contributed by atoms with Crippen LogP contribution < -0.4 is 0 Å². The topological polar surface area (TPSA) is 65.8 Å². The minimum Gasteiger partial charge on any atom is -0.294 e. The van der Waals surface area contributed by atoms with E-state index < -0.39 is 0 Å². The number of nitrogens with zero attached hydrogens (tertiary/aromatic N) is 3. The summed E-state index contributed by atoms with van der Waals surface area (Å²) in [6.07, 6.45) is 2.23. The van der Waals surface area contributed by atoms with Crippen LogP contribution in [0.4, 0.5) is 0 Å². The maximum absolute atomic E-state index is 12.3. The predicted molar refractivity (Wildman–Crippen MR) is 79.5 cm³/mol. The van der Waals surface area contributed by atoms with Crippen LogP contribution in [0.25, 0.3) is 10.4 Å². The number of hydrogen-bond donors (Lipinski definition) is 0. The third-order valence-electron chi connectivity index (χ3n) is 4.26. The molecule has 20 heavy (non-hydrogen) atoms. The number of fused-ring (bicyclic) bond motifs is 1. The molecule has 1 aliphatic rings. The normalized spacial score (nSPS) is 23.2. The maximum Gasteiger partial charge on any atom is 0.163 e. The monoisotopic (exact) mass is 271 g/mol. The van der Waals surface area contributed by atoms with Gasteiger partial charge < -0.3 is 0 Å². The van der Waals surface area contributed by atoms with Crippen LogP contribution in [-0.4, -0.2) is 5.78 Å². The van der Waals surface area contributed by atoms with Gasteiger partial charge in [-0.25, -0.2) is 0 Å². The van der Waals surface area contributed by atoms with Gasteiger partial charge in [-0.3, -0.25) is 4.79 Å². The van der Waals surface area contributed by atoms with Crippen molar-refractivity contribution in [3.05, 3.63) is 45.8 Å². The second-order valence-electron chi connectivity index (χ2n) is 6.57. The second kappa shape index (κ2) is 5.68. The van der Waals surface area contributed by atoms with Crippen LogP contribution in [0.3, 0.4) is 0 Å². The molecule has 1 aromatic carbocycles. The summed E-state index contributed by atoms with van der Waals surface area (Å²) in [7, 11) is 0. The van der Waals surface area contributed by atoms with Crippen molar-refractivity contribution < 1.29 is 4.79 Å². The summed E-state index contributed by atoms with van der Waals surface area (Å²) in [6, 6.07) is 7.28. The van der Waals surface area contributed by atoms with Crippen molar-refractivity contribution >= 4 is 5.78 Å². The first kappa shape index (κ1) is 14.6. The van der Waals surface area contributed by atoms with Crippen molar-refractivity contribution in [2.75, 3.05) is 0 Å². The van der Waals surface area contributed by atoms with E-state index in [1.807, 2.05) is 24.3 Å². The first-order chi connectivity index (χ1) is 9.43. The Morgan fingerprint density at radius 2 is 2.00 bits per heavy atom.